The van der Waals surface area contributed by atoms with Gasteiger partial charge in [-0.3, -0.25) is 4.79 Å². The Kier molecular flexibility index (Phi) is 5.00. The summed E-state index contributed by atoms with van der Waals surface area (Å²) in [5.41, 5.74) is 1.95. The molecule has 0 aromatic heterocycles. The zero-order valence-corrected chi connectivity index (χ0v) is 11.3. The molecular weight excluding hydrogens is 276 g/mol. The summed E-state index contributed by atoms with van der Waals surface area (Å²) >= 11 is 0. The van der Waals surface area contributed by atoms with Gasteiger partial charge in [0.15, 0.2) is 0 Å². The molecule has 0 spiro atoms. The molecule has 0 saturated heterocycles. The molecule has 0 unspecified atom stereocenters. The number of carbonyl (C=O) groups is 1. The van der Waals surface area contributed by atoms with Crippen molar-refractivity contribution in [1.82, 2.24) is 5.32 Å². The molecule has 2 aromatic rings. The van der Waals surface area contributed by atoms with Crippen LogP contribution in [0.1, 0.15) is 16.7 Å². The van der Waals surface area contributed by atoms with Crippen molar-refractivity contribution in [1.29, 1.82) is 0 Å². The fraction of sp³-hybridized carbons (Fsp3) is 0.188. The third kappa shape index (κ3) is 4.65. The van der Waals surface area contributed by atoms with Gasteiger partial charge in [-0.1, -0.05) is 24.3 Å². The lowest BCUT2D eigenvalue weighted by atomic mass is 10.1. The van der Waals surface area contributed by atoms with Gasteiger partial charge in [-0.15, -0.1) is 0 Å². The molecule has 0 bridgehead atoms. The molecule has 0 fully saturated rings. The molecule has 2 aromatic carbocycles. The van der Waals surface area contributed by atoms with Crippen molar-refractivity contribution in [3.63, 3.8) is 0 Å². The Bertz CT molecular complexity index is 627. The van der Waals surface area contributed by atoms with E-state index in [1.165, 1.54) is 0 Å². The van der Waals surface area contributed by atoms with Gasteiger partial charge in [-0.2, -0.15) is 0 Å². The Balaban J connectivity index is 1.88. The molecule has 0 saturated carbocycles. The van der Waals surface area contributed by atoms with Gasteiger partial charge in [0.05, 0.1) is 6.42 Å². The first-order valence-electron chi connectivity index (χ1n) is 6.49. The molecule has 0 amide bonds. The predicted molar refractivity (Wildman–Crippen MR) is 74.7 cm³/mol. The number of carboxylic acids is 1. The smallest absolute Gasteiger partial charge is 0.307 e. The van der Waals surface area contributed by atoms with Crippen LogP contribution in [0.2, 0.25) is 0 Å². The zero-order chi connectivity index (χ0) is 15.2. The van der Waals surface area contributed by atoms with E-state index in [0.29, 0.717) is 6.54 Å². The van der Waals surface area contributed by atoms with Crippen molar-refractivity contribution in [3.05, 3.63) is 70.8 Å². The van der Waals surface area contributed by atoms with Crippen molar-refractivity contribution in [3.8, 4) is 0 Å². The van der Waals surface area contributed by atoms with E-state index in [-0.39, 0.29) is 18.5 Å². The average Bonchev–Trinajstić information content (AvgIpc) is 2.44. The lowest BCUT2D eigenvalue weighted by molar-refractivity contribution is -0.136. The number of carboxylic acid groups (broad SMARTS) is 1. The van der Waals surface area contributed by atoms with Crippen LogP contribution < -0.4 is 5.32 Å². The van der Waals surface area contributed by atoms with Gasteiger partial charge in [-0.25, -0.2) is 8.78 Å². The summed E-state index contributed by atoms with van der Waals surface area (Å²) in [7, 11) is 0. The third-order valence-corrected chi connectivity index (χ3v) is 3.03. The number of nitrogens with one attached hydrogen (secondary N) is 1. The molecule has 0 heterocycles. The summed E-state index contributed by atoms with van der Waals surface area (Å²) in [5, 5.41) is 11.7. The van der Waals surface area contributed by atoms with Gasteiger partial charge < -0.3 is 10.4 Å². The van der Waals surface area contributed by atoms with E-state index in [0.717, 1.165) is 29.3 Å². The van der Waals surface area contributed by atoms with E-state index >= 15 is 0 Å². The van der Waals surface area contributed by atoms with E-state index in [9.17, 15) is 13.6 Å². The number of aliphatic carboxylic acids is 1. The lowest BCUT2D eigenvalue weighted by Crippen LogP contribution is -2.14. The van der Waals surface area contributed by atoms with Crippen LogP contribution in [-0.2, 0) is 24.3 Å². The van der Waals surface area contributed by atoms with Crippen LogP contribution in [0.4, 0.5) is 8.78 Å². The highest BCUT2D eigenvalue weighted by atomic mass is 19.1. The molecule has 0 aliphatic rings. The molecule has 0 aliphatic heterocycles. The fourth-order valence-electron chi connectivity index (χ4n) is 1.97. The summed E-state index contributed by atoms with van der Waals surface area (Å²) in [4.78, 5) is 10.6. The highest BCUT2D eigenvalue weighted by Gasteiger charge is 2.04. The van der Waals surface area contributed by atoms with Crippen molar-refractivity contribution in [2.45, 2.75) is 19.5 Å². The first kappa shape index (κ1) is 15.1. The standard InChI is InChI=1S/C16H15F2NO2/c17-14-5-6-15(18)13(8-14)10-19-9-12-3-1-11(2-4-12)7-16(20)21/h1-6,8,19H,7,9-10H2,(H,20,21). The minimum absolute atomic E-state index is 0.0117. The van der Waals surface area contributed by atoms with E-state index in [4.69, 9.17) is 5.11 Å². The topological polar surface area (TPSA) is 49.3 Å². The normalized spacial score (nSPS) is 10.6. The van der Waals surface area contributed by atoms with Crippen LogP contribution in [0.5, 0.6) is 0 Å². The summed E-state index contributed by atoms with van der Waals surface area (Å²) < 4.78 is 26.4. The second kappa shape index (κ2) is 6.95. The van der Waals surface area contributed by atoms with Crippen molar-refractivity contribution < 1.29 is 18.7 Å². The molecule has 0 atom stereocenters. The summed E-state index contributed by atoms with van der Waals surface area (Å²) in [5.74, 6) is -1.78. The SMILES string of the molecule is O=C(O)Cc1ccc(CNCc2cc(F)ccc2F)cc1. The Labute approximate surface area is 121 Å². The van der Waals surface area contributed by atoms with E-state index < -0.39 is 17.6 Å². The summed E-state index contributed by atoms with van der Waals surface area (Å²) in [6.45, 7) is 0.712. The third-order valence-electron chi connectivity index (χ3n) is 3.03. The van der Waals surface area contributed by atoms with Gasteiger partial charge in [0.1, 0.15) is 11.6 Å². The monoisotopic (exact) mass is 291 g/mol. The molecule has 5 heteroatoms. The maximum Gasteiger partial charge on any atom is 0.307 e. The van der Waals surface area contributed by atoms with E-state index in [2.05, 4.69) is 5.32 Å². The van der Waals surface area contributed by atoms with E-state index in [1.54, 1.807) is 12.1 Å². The van der Waals surface area contributed by atoms with Gasteiger partial charge in [0.2, 0.25) is 0 Å². The molecule has 3 nitrogen and oxygen atoms in total. The number of hydrogen-bond donors (Lipinski definition) is 2. The number of halogens is 2. The minimum atomic E-state index is -0.873. The number of benzene rings is 2. The first-order valence-corrected chi connectivity index (χ1v) is 6.49. The van der Waals surface area contributed by atoms with E-state index in [1.807, 2.05) is 12.1 Å². The number of hydrogen-bond acceptors (Lipinski definition) is 2. The van der Waals surface area contributed by atoms with Gasteiger partial charge in [0.25, 0.3) is 0 Å². The molecule has 2 N–H and O–H groups in total. The number of rotatable bonds is 6. The summed E-state index contributed by atoms with van der Waals surface area (Å²) in [6, 6.07) is 10.5. The molecule has 0 aliphatic carbocycles. The Morgan fingerprint density at radius 1 is 1.00 bits per heavy atom. The quantitative estimate of drug-likeness (QED) is 0.860. The zero-order valence-electron chi connectivity index (χ0n) is 11.3. The summed E-state index contributed by atoms with van der Waals surface area (Å²) in [6.07, 6.45) is -0.0117. The molecule has 110 valence electrons. The van der Waals surface area contributed by atoms with Crippen LogP contribution in [0.3, 0.4) is 0 Å². The van der Waals surface area contributed by atoms with Crippen LogP contribution in [0.15, 0.2) is 42.5 Å². The Morgan fingerprint density at radius 3 is 2.33 bits per heavy atom. The molecule has 2 rings (SSSR count). The highest BCUT2D eigenvalue weighted by Crippen LogP contribution is 2.10. The van der Waals surface area contributed by atoms with Crippen molar-refractivity contribution in [2.75, 3.05) is 0 Å². The van der Waals surface area contributed by atoms with Gasteiger partial charge >= 0.3 is 5.97 Å². The van der Waals surface area contributed by atoms with Gasteiger partial charge in [-0.05, 0) is 29.3 Å². The second-order valence-corrected chi connectivity index (χ2v) is 4.73. The Hall–Kier alpha value is -2.27. The fourth-order valence-corrected chi connectivity index (χ4v) is 1.97. The van der Waals surface area contributed by atoms with Crippen LogP contribution in [-0.4, -0.2) is 11.1 Å². The van der Waals surface area contributed by atoms with Crippen LogP contribution in [0.25, 0.3) is 0 Å². The Morgan fingerprint density at radius 2 is 1.67 bits per heavy atom. The first-order chi connectivity index (χ1) is 10.0. The molecule has 0 radical (unpaired) electrons. The maximum atomic E-state index is 13.4. The van der Waals surface area contributed by atoms with Crippen molar-refractivity contribution in [2.24, 2.45) is 0 Å². The van der Waals surface area contributed by atoms with Gasteiger partial charge in [0, 0.05) is 18.7 Å². The lowest BCUT2D eigenvalue weighted by Gasteiger charge is -2.07. The molecular formula is C16H15F2NO2. The second-order valence-electron chi connectivity index (χ2n) is 4.73. The molecule has 21 heavy (non-hydrogen) atoms. The van der Waals surface area contributed by atoms with Crippen LogP contribution in [0, 0.1) is 11.6 Å². The highest BCUT2D eigenvalue weighted by molar-refractivity contribution is 5.70. The predicted octanol–water partition coefficient (Wildman–Crippen LogP) is 2.88. The average molecular weight is 291 g/mol. The van der Waals surface area contributed by atoms with Crippen molar-refractivity contribution >= 4 is 5.97 Å². The maximum absolute atomic E-state index is 13.4. The largest absolute Gasteiger partial charge is 0.481 e. The minimum Gasteiger partial charge on any atom is -0.481 e. The van der Waals surface area contributed by atoms with Crippen LogP contribution >= 0.6 is 0 Å².